The summed E-state index contributed by atoms with van der Waals surface area (Å²) in [5.74, 6) is 0.0593. The van der Waals surface area contributed by atoms with E-state index in [9.17, 15) is 4.79 Å². The summed E-state index contributed by atoms with van der Waals surface area (Å²) in [5, 5.41) is 2.93. The molecule has 0 radical (unpaired) electrons. The van der Waals surface area contributed by atoms with E-state index >= 15 is 0 Å². The molecule has 5 heteroatoms. The predicted octanol–water partition coefficient (Wildman–Crippen LogP) is -0.295. The number of nitrogens with one attached hydrogen (secondary N) is 1. The third-order valence-corrected chi connectivity index (χ3v) is 3.73. The van der Waals surface area contributed by atoms with Crippen LogP contribution in [0, 0.1) is 0 Å². The smallest absolute Gasteiger partial charge is 0.221 e. The largest absolute Gasteiger partial charge is 0.374 e. The van der Waals surface area contributed by atoms with Crippen LogP contribution in [0.2, 0.25) is 0 Å². The highest BCUT2D eigenvalue weighted by atomic mass is 16.5. The molecule has 1 amide bonds. The molecule has 0 aromatic rings. The molecule has 0 spiro atoms. The van der Waals surface area contributed by atoms with Crippen LogP contribution in [-0.2, 0) is 9.53 Å². The molecule has 5 nitrogen and oxygen atoms in total. The molecule has 98 valence electrons. The van der Waals surface area contributed by atoms with Crippen LogP contribution in [-0.4, -0.2) is 55.7 Å². The van der Waals surface area contributed by atoms with E-state index in [1.807, 2.05) is 0 Å². The highest BCUT2D eigenvalue weighted by Crippen LogP contribution is 2.31. The number of carbonyl (C=O) groups is 1. The Labute approximate surface area is 103 Å². The Morgan fingerprint density at radius 1 is 1.59 bits per heavy atom. The van der Waals surface area contributed by atoms with Gasteiger partial charge in [0.15, 0.2) is 0 Å². The SMILES string of the molecule is CN1CCOC(CNC(=O)CC2(N)CCC2)C1. The second kappa shape index (κ2) is 5.33. The van der Waals surface area contributed by atoms with Gasteiger partial charge in [0.25, 0.3) is 0 Å². The second-order valence-corrected chi connectivity index (χ2v) is 5.45. The van der Waals surface area contributed by atoms with Crippen molar-refractivity contribution in [1.29, 1.82) is 0 Å². The Morgan fingerprint density at radius 2 is 2.35 bits per heavy atom. The molecule has 0 aromatic heterocycles. The summed E-state index contributed by atoms with van der Waals surface area (Å²) in [6, 6.07) is 0. The number of hydrogen-bond donors (Lipinski definition) is 2. The van der Waals surface area contributed by atoms with Crippen molar-refractivity contribution in [1.82, 2.24) is 10.2 Å². The summed E-state index contributed by atoms with van der Waals surface area (Å²) in [7, 11) is 2.07. The van der Waals surface area contributed by atoms with E-state index in [1.165, 1.54) is 0 Å². The lowest BCUT2D eigenvalue weighted by Crippen LogP contribution is -2.51. The quantitative estimate of drug-likeness (QED) is 0.709. The van der Waals surface area contributed by atoms with E-state index in [0.29, 0.717) is 13.0 Å². The normalized spacial score (nSPS) is 28.5. The first kappa shape index (κ1) is 12.8. The average Bonchev–Trinajstić information content (AvgIpc) is 2.24. The molecule has 1 saturated carbocycles. The lowest BCUT2D eigenvalue weighted by atomic mass is 9.75. The fourth-order valence-electron chi connectivity index (χ4n) is 2.41. The summed E-state index contributed by atoms with van der Waals surface area (Å²) in [5.41, 5.74) is 5.81. The van der Waals surface area contributed by atoms with Crippen molar-refractivity contribution < 1.29 is 9.53 Å². The number of carbonyl (C=O) groups excluding carboxylic acids is 1. The number of rotatable bonds is 4. The van der Waals surface area contributed by atoms with E-state index in [4.69, 9.17) is 10.5 Å². The van der Waals surface area contributed by atoms with Crippen LogP contribution >= 0.6 is 0 Å². The van der Waals surface area contributed by atoms with Crippen molar-refractivity contribution in [2.75, 3.05) is 33.3 Å². The van der Waals surface area contributed by atoms with Gasteiger partial charge in [-0.2, -0.15) is 0 Å². The van der Waals surface area contributed by atoms with Gasteiger partial charge < -0.3 is 20.7 Å². The fourth-order valence-corrected chi connectivity index (χ4v) is 2.41. The number of likely N-dealkylation sites (N-methyl/N-ethyl adjacent to an activating group) is 1. The minimum absolute atomic E-state index is 0.0593. The Hall–Kier alpha value is -0.650. The van der Waals surface area contributed by atoms with Gasteiger partial charge >= 0.3 is 0 Å². The number of hydrogen-bond acceptors (Lipinski definition) is 4. The highest BCUT2D eigenvalue weighted by molar-refractivity contribution is 5.77. The second-order valence-electron chi connectivity index (χ2n) is 5.45. The lowest BCUT2D eigenvalue weighted by Gasteiger charge is -2.37. The van der Waals surface area contributed by atoms with Gasteiger partial charge in [-0.3, -0.25) is 4.79 Å². The highest BCUT2D eigenvalue weighted by Gasteiger charge is 2.34. The fraction of sp³-hybridized carbons (Fsp3) is 0.917. The van der Waals surface area contributed by atoms with Gasteiger partial charge in [0.1, 0.15) is 0 Å². The van der Waals surface area contributed by atoms with Gasteiger partial charge in [0.05, 0.1) is 12.7 Å². The van der Waals surface area contributed by atoms with E-state index in [1.54, 1.807) is 0 Å². The van der Waals surface area contributed by atoms with E-state index in [2.05, 4.69) is 17.3 Å². The van der Waals surface area contributed by atoms with Gasteiger partial charge in [-0.25, -0.2) is 0 Å². The minimum Gasteiger partial charge on any atom is -0.374 e. The van der Waals surface area contributed by atoms with Crippen LogP contribution in [0.25, 0.3) is 0 Å². The maximum atomic E-state index is 11.7. The topological polar surface area (TPSA) is 67.6 Å². The van der Waals surface area contributed by atoms with Gasteiger partial charge in [-0.05, 0) is 26.3 Å². The first-order valence-corrected chi connectivity index (χ1v) is 6.43. The first-order valence-electron chi connectivity index (χ1n) is 6.43. The average molecular weight is 241 g/mol. The first-order chi connectivity index (χ1) is 8.07. The monoisotopic (exact) mass is 241 g/mol. The standard InChI is InChI=1S/C12H23N3O2/c1-15-5-6-17-10(9-15)8-14-11(16)7-12(13)3-2-4-12/h10H,2-9,13H2,1H3,(H,14,16). The molecule has 2 aliphatic rings. The minimum atomic E-state index is -0.228. The molecule has 1 aliphatic carbocycles. The summed E-state index contributed by atoms with van der Waals surface area (Å²) in [6.07, 6.45) is 3.68. The summed E-state index contributed by atoms with van der Waals surface area (Å²) in [4.78, 5) is 13.9. The number of amides is 1. The molecule has 1 atom stereocenters. The van der Waals surface area contributed by atoms with Crippen LogP contribution < -0.4 is 11.1 Å². The molecule has 1 saturated heterocycles. The summed E-state index contributed by atoms with van der Waals surface area (Å²) in [6.45, 7) is 3.20. The number of nitrogens with two attached hydrogens (primary N) is 1. The maximum Gasteiger partial charge on any atom is 0.221 e. The molecular formula is C12H23N3O2. The molecule has 2 fully saturated rings. The number of ether oxygens (including phenoxy) is 1. The Bertz CT molecular complexity index is 279. The summed E-state index contributed by atoms with van der Waals surface area (Å²) < 4.78 is 5.58. The Kier molecular flexibility index (Phi) is 4.01. The van der Waals surface area contributed by atoms with Gasteiger partial charge in [0.2, 0.25) is 5.91 Å². The van der Waals surface area contributed by atoms with Crippen LogP contribution in [0.4, 0.5) is 0 Å². The van der Waals surface area contributed by atoms with Crippen molar-refractivity contribution in [3.8, 4) is 0 Å². The van der Waals surface area contributed by atoms with Crippen LogP contribution in [0.15, 0.2) is 0 Å². The van der Waals surface area contributed by atoms with E-state index in [-0.39, 0.29) is 17.6 Å². The van der Waals surface area contributed by atoms with Crippen molar-refractivity contribution in [3.05, 3.63) is 0 Å². The van der Waals surface area contributed by atoms with Crippen molar-refractivity contribution in [3.63, 3.8) is 0 Å². The molecule has 1 aliphatic heterocycles. The molecule has 3 N–H and O–H groups in total. The number of nitrogens with zero attached hydrogens (tertiary/aromatic N) is 1. The third kappa shape index (κ3) is 3.66. The summed E-state index contributed by atoms with van der Waals surface area (Å²) >= 11 is 0. The number of morpholine rings is 1. The Morgan fingerprint density at radius 3 is 2.94 bits per heavy atom. The molecule has 1 heterocycles. The zero-order valence-corrected chi connectivity index (χ0v) is 10.6. The molecule has 17 heavy (non-hydrogen) atoms. The van der Waals surface area contributed by atoms with Gasteiger partial charge in [-0.15, -0.1) is 0 Å². The molecule has 2 rings (SSSR count). The molecule has 0 aromatic carbocycles. The van der Waals surface area contributed by atoms with Crippen molar-refractivity contribution in [2.45, 2.75) is 37.3 Å². The van der Waals surface area contributed by atoms with E-state index < -0.39 is 0 Å². The zero-order chi connectivity index (χ0) is 12.3. The maximum absolute atomic E-state index is 11.7. The van der Waals surface area contributed by atoms with Crippen LogP contribution in [0.1, 0.15) is 25.7 Å². The predicted molar refractivity (Wildman–Crippen MR) is 65.6 cm³/mol. The lowest BCUT2D eigenvalue weighted by molar-refractivity contribution is -0.124. The van der Waals surface area contributed by atoms with Crippen LogP contribution in [0.3, 0.4) is 0 Å². The molecule has 1 unspecified atom stereocenters. The van der Waals surface area contributed by atoms with Crippen molar-refractivity contribution in [2.24, 2.45) is 5.73 Å². The van der Waals surface area contributed by atoms with Gasteiger partial charge in [-0.1, -0.05) is 0 Å². The van der Waals surface area contributed by atoms with Gasteiger partial charge in [0, 0.05) is 31.6 Å². The van der Waals surface area contributed by atoms with Crippen LogP contribution in [0.5, 0.6) is 0 Å². The molecular weight excluding hydrogens is 218 g/mol. The molecule has 0 bridgehead atoms. The zero-order valence-electron chi connectivity index (χ0n) is 10.6. The third-order valence-electron chi connectivity index (χ3n) is 3.73. The van der Waals surface area contributed by atoms with Crippen molar-refractivity contribution >= 4 is 5.91 Å². The Balaban J connectivity index is 1.65. The van der Waals surface area contributed by atoms with E-state index in [0.717, 1.165) is 39.0 Å².